The predicted molar refractivity (Wildman–Crippen MR) is 67.7 cm³/mol. The minimum atomic E-state index is -0.432. The van der Waals surface area contributed by atoms with Crippen molar-refractivity contribution in [3.05, 3.63) is 34.6 Å². The van der Waals surface area contributed by atoms with Crippen LogP contribution in [-0.2, 0) is 11.2 Å². The highest BCUT2D eigenvalue weighted by Gasteiger charge is 2.17. The molecular formula is C12H13BrClFO. The molecule has 1 aromatic rings. The van der Waals surface area contributed by atoms with E-state index in [1.807, 2.05) is 6.92 Å². The maximum absolute atomic E-state index is 13.5. The Balaban J connectivity index is 2.73. The smallest absolute Gasteiger partial charge is 0.146 e. The highest BCUT2D eigenvalue weighted by molar-refractivity contribution is 9.10. The van der Waals surface area contributed by atoms with E-state index in [9.17, 15) is 9.18 Å². The SMILES string of the molecule is CCCC(=O)C(Br)Cc1cccc(Cl)c1F. The van der Waals surface area contributed by atoms with Gasteiger partial charge in [-0.2, -0.15) is 0 Å². The summed E-state index contributed by atoms with van der Waals surface area (Å²) in [7, 11) is 0. The minimum absolute atomic E-state index is 0.0974. The number of carbonyl (C=O) groups excluding carboxylic acids is 1. The van der Waals surface area contributed by atoms with Gasteiger partial charge in [-0.15, -0.1) is 0 Å². The van der Waals surface area contributed by atoms with Crippen LogP contribution in [0.3, 0.4) is 0 Å². The molecule has 0 spiro atoms. The number of hydrogen-bond donors (Lipinski definition) is 0. The Hall–Kier alpha value is -0.410. The molecule has 0 radical (unpaired) electrons. The van der Waals surface area contributed by atoms with E-state index in [1.165, 1.54) is 6.07 Å². The second-order valence-corrected chi connectivity index (χ2v) is 5.11. The average molecular weight is 308 g/mol. The molecule has 1 rings (SSSR count). The molecule has 0 saturated carbocycles. The summed E-state index contributed by atoms with van der Waals surface area (Å²) in [6, 6.07) is 4.83. The number of benzene rings is 1. The van der Waals surface area contributed by atoms with E-state index >= 15 is 0 Å². The molecule has 88 valence electrons. The van der Waals surface area contributed by atoms with Gasteiger partial charge in [-0.3, -0.25) is 4.79 Å². The van der Waals surface area contributed by atoms with E-state index in [0.29, 0.717) is 18.4 Å². The van der Waals surface area contributed by atoms with Crippen LogP contribution in [0.1, 0.15) is 25.3 Å². The lowest BCUT2D eigenvalue weighted by Gasteiger charge is -2.09. The van der Waals surface area contributed by atoms with Gasteiger partial charge in [0.1, 0.15) is 11.6 Å². The topological polar surface area (TPSA) is 17.1 Å². The number of halogens is 3. The molecule has 0 amide bonds. The van der Waals surface area contributed by atoms with Gasteiger partial charge in [0.2, 0.25) is 0 Å². The van der Waals surface area contributed by atoms with Crippen molar-refractivity contribution < 1.29 is 9.18 Å². The Morgan fingerprint density at radius 3 is 2.88 bits per heavy atom. The Morgan fingerprint density at radius 1 is 1.56 bits per heavy atom. The highest BCUT2D eigenvalue weighted by Crippen LogP contribution is 2.21. The van der Waals surface area contributed by atoms with E-state index in [1.54, 1.807) is 12.1 Å². The van der Waals surface area contributed by atoms with Crippen LogP contribution in [-0.4, -0.2) is 10.6 Å². The lowest BCUT2D eigenvalue weighted by atomic mass is 10.0. The van der Waals surface area contributed by atoms with Gasteiger partial charge in [0.05, 0.1) is 9.85 Å². The normalized spacial score (nSPS) is 12.5. The van der Waals surface area contributed by atoms with Crippen molar-refractivity contribution in [3.63, 3.8) is 0 Å². The van der Waals surface area contributed by atoms with Crippen LogP contribution < -0.4 is 0 Å². The summed E-state index contributed by atoms with van der Waals surface area (Å²) in [5.41, 5.74) is 0.471. The molecule has 0 aliphatic rings. The average Bonchev–Trinajstić information content (AvgIpc) is 2.25. The first-order chi connectivity index (χ1) is 7.56. The molecule has 0 fully saturated rings. The van der Waals surface area contributed by atoms with E-state index in [0.717, 1.165) is 6.42 Å². The fraction of sp³-hybridized carbons (Fsp3) is 0.417. The van der Waals surface area contributed by atoms with Crippen molar-refractivity contribution in [2.24, 2.45) is 0 Å². The second kappa shape index (κ2) is 6.36. The predicted octanol–water partition coefficient (Wildman–Crippen LogP) is 4.15. The molecule has 1 unspecified atom stereocenters. The molecule has 0 aliphatic carbocycles. The molecule has 16 heavy (non-hydrogen) atoms. The number of alkyl halides is 1. The number of Topliss-reactive ketones (excluding diaryl/α,β-unsaturated/α-hetero) is 1. The van der Waals surface area contributed by atoms with Gasteiger partial charge in [-0.05, 0) is 24.5 Å². The van der Waals surface area contributed by atoms with Crippen LogP contribution >= 0.6 is 27.5 Å². The standard InChI is InChI=1S/C12H13BrClFO/c1-2-4-11(16)9(13)7-8-5-3-6-10(14)12(8)15/h3,5-6,9H,2,4,7H2,1H3. The highest BCUT2D eigenvalue weighted by atomic mass is 79.9. The second-order valence-electron chi connectivity index (χ2n) is 3.60. The Kier molecular flexibility index (Phi) is 5.42. The number of carbonyl (C=O) groups is 1. The molecule has 1 aromatic carbocycles. The van der Waals surface area contributed by atoms with Gasteiger partial charge in [-0.25, -0.2) is 4.39 Å². The van der Waals surface area contributed by atoms with Gasteiger partial charge in [-0.1, -0.05) is 46.6 Å². The third-order valence-electron chi connectivity index (χ3n) is 2.28. The van der Waals surface area contributed by atoms with Crippen molar-refractivity contribution in [1.82, 2.24) is 0 Å². The third-order valence-corrected chi connectivity index (χ3v) is 3.40. The van der Waals surface area contributed by atoms with Crippen molar-refractivity contribution in [1.29, 1.82) is 0 Å². The lowest BCUT2D eigenvalue weighted by molar-refractivity contribution is -0.118. The molecule has 1 atom stereocenters. The van der Waals surface area contributed by atoms with Gasteiger partial charge >= 0.3 is 0 Å². The largest absolute Gasteiger partial charge is 0.298 e. The van der Waals surface area contributed by atoms with Crippen LogP contribution in [0.25, 0.3) is 0 Å². The summed E-state index contributed by atoms with van der Waals surface area (Å²) >= 11 is 8.94. The van der Waals surface area contributed by atoms with E-state index in [4.69, 9.17) is 11.6 Å². The van der Waals surface area contributed by atoms with Crippen LogP contribution in [0.15, 0.2) is 18.2 Å². The summed E-state index contributed by atoms with van der Waals surface area (Å²) in [6.07, 6.45) is 1.66. The fourth-order valence-corrected chi connectivity index (χ4v) is 2.19. The molecular weight excluding hydrogens is 294 g/mol. The van der Waals surface area contributed by atoms with Gasteiger partial charge in [0, 0.05) is 6.42 Å². The van der Waals surface area contributed by atoms with Crippen LogP contribution in [0, 0.1) is 5.82 Å². The zero-order valence-corrected chi connectivity index (χ0v) is 11.3. The van der Waals surface area contributed by atoms with Crippen molar-refractivity contribution in [2.45, 2.75) is 31.0 Å². The number of ketones is 1. The first-order valence-corrected chi connectivity index (χ1v) is 6.45. The third kappa shape index (κ3) is 3.56. The summed E-state index contributed by atoms with van der Waals surface area (Å²) in [6.45, 7) is 1.94. The summed E-state index contributed by atoms with van der Waals surface area (Å²) < 4.78 is 13.5. The molecule has 0 N–H and O–H groups in total. The Labute approximate surface area is 108 Å². The summed E-state index contributed by atoms with van der Waals surface area (Å²) in [5.74, 6) is -0.334. The van der Waals surface area contributed by atoms with Crippen molar-refractivity contribution in [3.8, 4) is 0 Å². The number of rotatable bonds is 5. The maximum atomic E-state index is 13.5. The van der Waals surface area contributed by atoms with E-state index < -0.39 is 5.82 Å². The molecule has 0 aliphatic heterocycles. The maximum Gasteiger partial charge on any atom is 0.146 e. The van der Waals surface area contributed by atoms with Crippen molar-refractivity contribution >= 4 is 33.3 Å². The molecule has 0 aromatic heterocycles. The van der Waals surface area contributed by atoms with Crippen LogP contribution in [0.5, 0.6) is 0 Å². The lowest BCUT2D eigenvalue weighted by Crippen LogP contribution is -2.16. The fourth-order valence-electron chi connectivity index (χ4n) is 1.42. The van der Waals surface area contributed by atoms with E-state index in [-0.39, 0.29) is 15.6 Å². The first-order valence-electron chi connectivity index (χ1n) is 5.16. The summed E-state index contributed by atoms with van der Waals surface area (Å²) in [5, 5.41) is 0.0974. The molecule has 0 heterocycles. The molecule has 1 nitrogen and oxygen atoms in total. The molecule has 4 heteroatoms. The van der Waals surface area contributed by atoms with E-state index in [2.05, 4.69) is 15.9 Å². The van der Waals surface area contributed by atoms with Crippen molar-refractivity contribution in [2.75, 3.05) is 0 Å². The summed E-state index contributed by atoms with van der Waals surface area (Å²) in [4.78, 5) is 11.2. The zero-order chi connectivity index (χ0) is 12.1. The molecule has 0 saturated heterocycles. The Morgan fingerprint density at radius 2 is 2.25 bits per heavy atom. The monoisotopic (exact) mass is 306 g/mol. The van der Waals surface area contributed by atoms with Gasteiger partial charge in [0.25, 0.3) is 0 Å². The van der Waals surface area contributed by atoms with Crippen LogP contribution in [0.2, 0.25) is 5.02 Å². The van der Waals surface area contributed by atoms with Crippen LogP contribution in [0.4, 0.5) is 4.39 Å². The first kappa shape index (κ1) is 13.7. The Bertz CT molecular complexity index is 381. The molecule has 0 bridgehead atoms. The quantitative estimate of drug-likeness (QED) is 0.747. The minimum Gasteiger partial charge on any atom is -0.298 e. The van der Waals surface area contributed by atoms with Gasteiger partial charge in [0.15, 0.2) is 0 Å². The number of hydrogen-bond acceptors (Lipinski definition) is 1. The van der Waals surface area contributed by atoms with Gasteiger partial charge < -0.3 is 0 Å². The zero-order valence-electron chi connectivity index (χ0n) is 8.97.